The normalized spacial score (nSPS) is 21.7. The lowest BCUT2D eigenvalue weighted by Gasteiger charge is -2.21. The molecule has 4 heteroatoms. The summed E-state index contributed by atoms with van der Waals surface area (Å²) in [4.78, 5) is 14.5. The minimum Gasteiger partial charge on any atom is -0.393 e. The van der Waals surface area contributed by atoms with Gasteiger partial charge < -0.3 is 10.6 Å². The molecule has 0 radical (unpaired) electrons. The van der Waals surface area contributed by atoms with Crippen LogP contribution in [0.5, 0.6) is 0 Å². The molecule has 1 atom stereocenters. The number of thiocarbonyl (C=S) groups is 1. The van der Waals surface area contributed by atoms with Gasteiger partial charge in [0, 0.05) is 19.5 Å². The average Bonchev–Trinajstić information content (AvgIpc) is 2.41. The molecule has 1 aliphatic heterocycles. The lowest BCUT2D eigenvalue weighted by molar-refractivity contribution is -0.130. The monoisotopic (exact) mass is 256 g/mol. The zero-order chi connectivity index (χ0) is 12.8. The van der Waals surface area contributed by atoms with Crippen molar-refractivity contribution >= 4 is 23.1 Å². The third-order valence-electron chi connectivity index (χ3n) is 3.65. The molecule has 1 unspecified atom stereocenters. The highest BCUT2D eigenvalue weighted by molar-refractivity contribution is 7.80. The third-order valence-corrected chi connectivity index (χ3v) is 3.85. The summed E-state index contributed by atoms with van der Waals surface area (Å²) in [6.45, 7) is 6.20. The molecule has 0 aromatic rings. The van der Waals surface area contributed by atoms with E-state index in [-0.39, 0.29) is 0 Å². The zero-order valence-electron chi connectivity index (χ0n) is 10.9. The van der Waals surface area contributed by atoms with Crippen LogP contribution in [-0.2, 0) is 4.79 Å². The van der Waals surface area contributed by atoms with E-state index in [0.29, 0.717) is 29.2 Å². The van der Waals surface area contributed by atoms with Crippen molar-refractivity contribution in [2.24, 2.45) is 17.6 Å². The van der Waals surface area contributed by atoms with Gasteiger partial charge in [-0.05, 0) is 37.5 Å². The Morgan fingerprint density at radius 1 is 1.53 bits per heavy atom. The summed E-state index contributed by atoms with van der Waals surface area (Å²) in [6, 6.07) is 0. The van der Waals surface area contributed by atoms with E-state index in [1.54, 1.807) is 0 Å². The van der Waals surface area contributed by atoms with Crippen molar-refractivity contribution in [3.05, 3.63) is 0 Å². The van der Waals surface area contributed by atoms with Crippen molar-refractivity contribution < 1.29 is 4.79 Å². The Morgan fingerprint density at radius 3 is 2.82 bits per heavy atom. The molecule has 17 heavy (non-hydrogen) atoms. The molecule has 1 aliphatic rings. The van der Waals surface area contributed by atoms with Crippen LogP contribution in [0.2, 0.25) is 0 Å². The number of amides is 1. The van der Waals surface area contributed by atoms with Crippen LogP contribution in [0, 0.1) is 11.8 Å². The van der Waals surface area contributed by atoms with E-state index < -0.39 is 0 Å². The highest BCUT2D eigenvalue weighted by Gasteiger charge is 2.23. The van der Waals surface area contributed by atoms with Crippen LogP contribution < -0.4 is 5.73 Å². The quantitative estimate of drug-likeness (QED) is 0.768. The molecule has 0 aromatic heterocycles. The Morgan fingerprint density at radius 2 is 2.24 bits per heavy atom. The van der Waals surface area contributed by atoms with Crippen molar-refractivity contribution in [1.29, 1.82) is 0 Å². The van der Waals surface area contributed by atoms with Crippen molar-refractivity contribution in [3.63, 3.8) is 0 Å². The number of rotatable bonds is 5. The van der Waals surface area contributed by atoms with Gasteiger partial charge in [-0.15, -0.1) is 0 Å². The summed E-state index contributed by atoms with van der Waals surface area (Å²) in [5, 5.41) is 0. The standard InChI is InChI=1S/C13H24N2OS/c1-10(2)11-5-6-13(16)15(9-7-11)8-3-4-12(14)17/h10-11H,3-9H2,1-2H3,(H2,14,17). The van der Waals surface area contributed by atoms with Gasteiger partial charge in [-0.1, -0.05) is 26.1 Å². The molecule has 1 amide bonds. The highest BCUT2D eigenvalue weighted by Crippen LogP contribution is 2.25. The molecule has 98 valence electrons. The minimum absolute atomic E-state index is 0.302. The van der Waals surface area contributed by atoms with Crippen LogP contribution in [0.4, 0.5) is 0 Å². The Bertz CT molecular complexity index is 279. The molecule has 0 aliphatic carbocycles. The number of nitrogens with zero attached hydrogens (tertiary/aromatic N) is 1. The van der Waals surface area contributed by atoms with Gasteiger partial charge in [-0.2, -0.15) is 0 Å². The molecule has 0 bridgehead atoms. The van der Waals surface area contributed by atoms with Gasteiger partial charge in [0.2, 0.25) is 5.91 Å². The van der Waals surface area contributed by atoms with Gasteiger partial charge in [-0.3, -0.25) is 4.79 Å². The first-order valence-corrected chi connectivity index (χ1v) is 6.97. The van der Waals surface area contributed by atoms with E-state index in [1.165, 1.54) is 0 Å². The van der Waals surface area contributed by atoms with Gasteiger partial charge in [0.15, 0.2) is 0 Å². The van der Waals surface area contributed by atoms with E-state index in [9.17, 15) is 4.79 Å². The molecule has 2 N–H and O–H groups in total. The van der Waals surface area contributed by atoms with Gasteiger partial charge >= 0.3 is 0 Å². The summed E-state index contributed by atoms with van der Waals surface area (Å²) < 4.78 is 0. The predicted molar refractivity (Wildman–Crippen MR) is 74.8 cm³/mol. The zero-order valence-corrected chi connectivity index (χ0v) is 11.8. The second kappa shape index (κ2) is 6.94. The molecule has 3 nitrogen and oxygen atoms in total. The summed E-state index contributed by atoms with van der Waals surface area (Å²) in [7, 11) is 0. The van der Waals surface area contributed by atoms with E-state index in [0.717, 1.165) is 38.8 Å². The average molecular weight is 256 g/mol. The SMILES string of the molecule is CC(C)C1CCC(=O)N(CCCC(N)=S)CC1. The van der Waals surface area contributed by atoms with E-state index >= 15 is 0 Å². The van der Waals surface area contributed by atoms with Crippen LogP contribution >= 0.6 is 12.2 Å². The van der Waals surface area contributed by atoms with Crippen molar-refractivity contribution in [1.82, 2.24) is 4.90 Å². The number of hydrogen-bond acceptors (Lipinski definition) is 2. The number of hydrogen-bond donors (Lipinski definition) is 1. The Labute approximate surface area is 110 Å². The van der Waals surface area contributed by atoms with Crippen LogP contribution in [0.3, 0.4) is 0 Å². The molecule has 1 fully saturated rings. The van der Waals surface area contributed by atoms with Crippen LogP contribution in [0.15, 0.2) is 0 Å². The van der Waals surface area contributed by atoms with Gasteiger partial charge in [-0.25, -0.2) is 0 Å². The van der Waals surface area contributed by atoms with Gasteiger partial charge in [0.05, 0.1) is 4.99 Å². The second-order valence-electron chi connectivity index (χ2n) is 5.28. The maximum absolute atomic E-state index is 11.9. The maximum Gasteiger partial charge on any atom is 0.222 e. The predicted octanol–water partition coefficient (Wildman–Crippen LogP) is 2.34. The van der Waals surface area contributed by atoms with Crippen molar-refractivity contribution in [2.75, 3.05) is 13.1 Å². The van der Waals surface area contributed by atoms with Crippen molar-refractivity contribution in [3.8, 4) is 0 Å². The van der Waals surface area contributed by atoms with Gasteiger partial charge in [0.25, 0.3) is 0 Å². The fourth-order valence-electron chi connectivity index (χ4n) is 2.41. The molecule has 0 saturated carbocycles. The molecule has 1 rings (SSSR count). The third kappa shape index (κ3) is 5.02. The lowest BCUT2D eigenvalue weighted by Crippen LogP contribution is -2.31. The minimum atomic E-state index is 0.302. The Balaban J connectivity index is 2.39. The number of carbonyl (C=O) groups excluding carboxylic acids is 1. The fourth-order valence-corrected chi connectivity index (χ4v) is 2.55. The molecule has 1 heterocycles. The first-order chi connectivity index (χ1) is 8.00. The molecule has 0 aromatic carbocycles. The molecular formula is C13H24N2OS. The Kier molecular flexibility index (Phi) is 5.89. The Hall–Kier alpha value is -0.640. The summed E-state index contributed by atoms with van der Waals surface area (Å²) in [5.41, 5.74) is 5.46. The van der Waals surface area contributed by atoms with Crippen LogP contribution in [0.1, 0.15) is 46.0 Å². The lowest BCUT2D eigenvalue weighted by atomic mass is 9.89. The molecule has 0 spiro atoms. The van der Waals surface area contributed by atoms with Crippen LogP contribution in [0.25, 0.3) is 0 Å². The van der Waals surface area contributed by atoms with Crippen LogP contribution in [-0.4, -0.2) is 28.9 Å². The van der Waals surface area contributed by atoms with Crippen molar-refractivity contribution in [2.45, 2.75) is 46.0 Å². The maximum atomic E-state index is 11.9. The summed E-state index contributed by atoms with van der Waals surface area (Å²) in [6.07, 6.45) is 4.52. The highest BCUT2D eigenvalue weighted by atomic mass is 32.1. The van der Waals surface area contributed by atoms with Gasteiger partial charge in [0.1, 0.15) is 0 Å². The fraction of sp³-hybridized carbons (Fsp3) is 0.846. The topological polar surface area (TPSA) is 46.3 Å². The molecule has 1 saturated heterocycles. The summed E-state index contributed by atoms with van der Waals surface area (Å²) >= 11 is 4.85. The molecular weight excluding hydrogens is 232 g/mol. The number of likely N-dealkylation sites (tertiary alicyclic amines) is 1. The van der Waals surface area contributed by atoms with E-state index in [4.69, 9.17) is 18.0 Å². The number of nitrogens with two attached hydrogens (primary N) is 1. The van der Waals surface area contributed by atoms with E-state index in [1.807, 2.05) is 4.90 Å². The second-order valence-corrected chi connectivity index (χ2v) is 5.81. The summed E-state index contributed by atoms with van der Waals surface area (Å²) in [5.74, 6) is 1.68. The van der Waals surface area contributed by atoms with E-state index in [2.05, 4.69) is 13.8 Å². The first kappa shape index (κ1) is 14.4. The smallest absolute Gasteiger partial charge is 0.222 e. The number of carbonyl (C=O) groups is 1. The first-order valence-electron chi connectivity index (χ1n) is 6.56. The largest absolute Gasteiger partial charge is 0.393 e.